The van der Waals surface area contributed by atoms with Crippen LogP contribution < -0.4 is 10.5 Å². The number of primary sulfonamides is 1. The number of nitrogens with two attached hydrogens (primary N) is 1. The number of para-hydroxylation sites is 2. The predicted octanol–water partition coefficient (Wildman–Crippen LogP) is 2.26. The first kappa shape index (κ1) is 18.4. The van der Waals surface area contributed by atoms with E-state index in [1.54, 1.807) is 19.1 Å². The van der Waals surface area contributed by atoms with Crippen LogP contribution in [0.25, 0.3) is 11.0 Å². The van der Waals surface area contributed by atoms with Gasteiger partial charge in [-0.2, -0.15) is 0 Å². The van der Waals surface area contributed by atoms with Crippen LogP contribution in [0.4, 0.5) is 5.69 Å². The molecule has 0 aliphatic carbocycles. The summed E-state index contributed by atoms with van der Waals surface area (Å²) >= 11 is 1.31. The normalized spacial score (nSPS) is 11.7. The summed E-state index contributed by atoms with van der Waals surface area (Å²) in [4.78, 5) is 16.7. The first-order chi connectivity index (χ1) is 12.3. The first-order valence-corrected chi connectivity index (χ1v) is 10.3. The van der Waals surface area contributed by atoms with Crippen molar-refractivity contribution in [3.8, 4) is 0 Å². The number of imidazole rings is 1. The molecule has 0 saturated heterocycles. The van der Waals surface area contributed by atoms with Crippen molar-refractivity contribution in [3.05, 3.63) is 48.0 Å². The third-order valence-electron chi connectivity index (χ3n) is 3.86. The fraction of sp³-hybridized carbons (Fsp3) is 0.176. The summed E-state index contributed by atoms with van der Waals surface area (Å²) in [5.74, 6) is -0.110. The van der Waals surface area contributed by atoms with Gasteiger partial charge in [0, 0.05) is 12.7 Å². The van der Waals surface area contributed by atoms with Crippen LogP contribution in [0.5, 0.6) is 0 Å². The second kappa shape index (κ2) is 7.10. The Morgan fingerprint density at radius 1 is 1.27 bits per heavy atom. The fourth-order valence-corrected chi connectivity index (χ4v) is 4.16. The lowest BCUT2D eigenvalue weighted by molar-refractivity contribution is -0.113. The molecule has 3 aromatic rings. The van der Waals surface area contributed by atoms with Crippen molar-refractivity contribution in [3.63, 3.8) is 0 Å². The number of carbonyl (C=O) groups is 1. The zero-order chi connectivity index (χ0) is 18.9. The number of nitrogens with one attached hydrogen (secondary N) is 1. The molecule has 0 atom stereocenters. The standard InChI is InChI=1S/C17H18N4O3S2/c1-11-7-8-12(9-15(11)26(18,23)24)19-16(22)10-25-17-20-13-5-3-4-6-14(13)21(17)2/h3-9H,10H2,1-2H3,(H,19,22)(H2,18,23,24). The molecule has 1 heterocycles. The van der Waals surface area contributed by atoms with Crippen molar-refractivity contribution in [2.75, 3.05) is 11.1 Å². The van der Waals surface area contributed by atoms with E-state index in [4.69, 9.17) is 5.14 Å². The minimum atomic E-state index is -3.84. The van der Waals surface area contributed by atoms with E-state index in [9.17, 15) is 13.2 Å². The summed E-state index contributed by atoms with van der Waals surface area (Å²) in [6.07, 6.45) is 0. The number of benzene rings is 2. The Hall–Kier alpha value is -2.36. The number of fused-ring (bicyclic) bond motifs is 1. The van der Waals surface area contributed by atoms with E-state index in [0.29, 0.717) is 11.3 Å². The van der Waals surface area contributed by atoms with Gasteiger partial charge < -0.3 is 9.88 Å². The lowest BCUT2D eigenvalue weighted by atomic mass is 10.2. The average Bonchev–Trinajstić information content (AvgIpc) is 2.90. The number of hydrogen-bond acceptors (Lipinski definition) is 5. The molecule has 136 valence electrons. The number of hydrogen-bond donors (Lipinski definition) is 2. The summed E-state index contributed by atoms with van der Waals surface area (Å²) in [7, 11) is -1.94. The van der Waals surface area contributed by atoms with E-state index in [-0.39, 0.29) is 16.6 Å². The van der Waals surface area contributed by atoms with E-state index in [0.717, 1.165) is 16.2 Å². The average molecular weight is 390 g/mol. The lowest BCUT2D eigenvalue weighted by Gasteiger charge is -2.09. The van der Waals surface area contributed by atoms with Gasteiger partial charge in [-0.3, -0.25) is 4.79 Å². The Kier molecular flexibility index (Phi) is 5.03. The largest absolute Gasteiger partial charge is 0.325 e. The third kappa shape index (κ3) is 3.90. The van der Waals surface area contributed by atoms with Gasteiger partial charge in [0.1, 0.15) is 0 Å². The van der Waals surface area contributed by atoms with E-state index >= 15 is 0 Å². The van der Waals surface area contributed by atoms with Crippen LogP contribution in [-0.2, 0) is 21.9 Å². The molecule has 0 aliphatic rings. The molecule has 0 spiro atoms. The molecule has 0 aliphatic heterocycles. The van der Waals surface area contributed by atoms with Crippen LogP contribution in [0.15, 0.2) is 52.5 Å². The lowest BCUT2D eigenvalue weighted by Crippen LogP contribution is -2.17. The number of aromatic nitrogens is 2. The smallest absolute Gasteiger partial charge is 0.238 e. The van der Waals surface area contributed by atoms with Crippen molar-refractivity contribution >= 4 is 44.4 Å². The highest BCUT2D eigenvalue weighted by molar-refractivity contribution is 7.99. The second-order valence-corrected chi connectivity index (χ2v) is 8.28. The maximum atomic E-state index is 12.2. The van der Waals surface area contributed by atoms with Crippen LogP contribution >= 0.6 is 11.8 Å². The number of rotatable bonds is 5. The van der Waals surface area contributed by atoms with Gasteiger partial charge in [-0.1, -0.05) is 30.0 Å². The Labute approximate surface area is 155 Å². The quantitative estimate of drug-likeness (QED) is 0.650. The van der Waals surface area contributed by atoms with Gasteiger partial charge in [-0.15, -0.1) is 0 Å². The molecular formula is C17H18N4O3S2. The molecular weight excluding hydrogens is 372 g/mol. The molecule has 0 bridgehead atoms. The zero-order valence-electron chi connectivity index (χ0n) is 14.3. The van der Waals surface area contributed by atoms with E-state index in [1.807, 2.05) is 35.9 Å². The maximum Gasteiger partial charge on any atom is 0.238 e. The zero-order valence-corrected chi connectivity index (χ0v) is 15.9. The predicted molar refractivity (Wildman–Crippen MR) is 103 cm³/mol. The Morgan fingerprint density at radius 3 is 2.69 bits per heavy atom. The van der Waals surface area contributed by atoms with Crippen LogP contribution in [0.2, 0.25) is 0 Å². The molecule has 0 saturated carbocycles. The number of anilines is 1. The topological polar surface area (TPSA) is 107 Å². The molecule has 0 fully saturated rings. The summed E-state index contributed by atoms with van der Waals surface area (Å²) in [5.41, 5.74) is 2.77. The third-order valence-corrected chi connectivity index (χ3v) is 5.94. The molecule has 7 nitrogen and oxygen atoms in total. The number of sulfonamides is 1. The van der Waals surface area contributed by atoms with Crippen LogP contribution in [-0.4, -0.2) is 29.6 Å². The van der Waals surface area contributed by atoms with Gasteiger partial charge in [-0.25, -0.2) is 18.5 Å². The van der Waals surface area contributed by atoms with Gasteiger partial charge >= 0.3 is 0 Å². The number of amides is 1. The minimum absolute atomic E-state index is 0.00157. The molecule has 1 amide bonds. The molecule has 3 rings (SSSR count). The summed E-state index contributed by atoms with van der Waals surface area (Å²) < 4.78 is 25.1. The molecule has 26 heavy (non-hydrogen) atoms. The van der Waals surface area contributed by atoms with Crippen molar-refractivity contribution in [1.82, 2.24) is 9.55 Å². The fourth-order valence-electron chi connectivity index (χ4n) is 2.56. The minimum Gasteiger partial charge on any atom is -0.325 e. The van der Waals surface area contributed by atoms with Crippen molar-refractivity contribution < 1.29 is 13.2 Å². The molecule has 0 radical (unpaired) electrons. The Balaban J connectivity index is 1.70. The second-order valence-electron chi connectivity index (χ2n) is 5.80. The highest BCUT2D eigenvalue weighted by Gasteiger charge is 2.14. The van der Waals surface area contributed by atoms with Gasteiger partial charge in [0.15, 0.2) is 5.16 Å². The van der Waals surface area contributed by atoms with Gasteiger partial charge in [0.25, 0.3) is 0 Å². The Morgan fingerprint density at radius 2 is 2.00 bits per heavy atom. The van der Waals surface area contributed by atoms with Gasteiger partial charge in [0.2, 0.25) is 15.9 Å². The van der Waals surface area contributed by atoms with E-state index in [1.165, 1.54) is 17.8 Å². The molecule has 9 heteroatoms. The Bertz CT molecular complexity index is 1090. The monoisotopic (exact) mass is 390 g/mol. The van der Waals surface area contributed by atoms with Crippen molar-refractivity contribution in [2.45, 2.75) is 17.0 Å². The van der Waals surface area contributed by atoms with Gasteiger partial charge in [0.05, 0.1) is 21.7 Å². The molecule has 3 N–H and O–H groups in total. The molecule has 2 aromatic carbocycles. The van der Waals surface area contributed by atoms with Crippen molar-refractivity contribution in [1.29, 1.82) is 0 Å². The van der Waals surface area contributed by atoms with Crippen LogP contribution in [0.1, 0.15) is 5.56 Å². The molecule has 1 aromatic heterocycles. The van der Waals surface area contributed by atoms with Crippen LogP contribution in [0, 0.1) is 6.92 Å². The first-order valence-electron chi connectivity index (χ1n) is 7.73. The number of thioether (sulfide) groups is 1. The maximum absolute atomic E-state index is 12.2. The molecule has 0 unspecified atom stereocenters. The highest BCUT2D eigenvalue weighted by atomic mass is 32.2. The summed E-state index contributed by atoms with van der Waals surface area (Å²) in [6, 6.07) is 12.3. The van der Waals surface area contributed by atoms with Crippen LogP contribution in [0.3, 0.4) is 0 Å². The summed E-state index contributed by atoms with van der Waals surface area (Å²) in [6.45, 7) is 1.65. The van der Waals surface area contributed by atoms with E-state index in [2.05, 4.69) is 10.3 Å². The van der Waals surface area contributed by atoms with Gasteiger partial charge in [-0.05, 0) is 36.8 Å². The highest BCUT2D eigenvalue weighted by Crippen LogP contribution is 2.23. The number of carbonyl (C=O) groups excluding carboxylic acids is 1. The van der Waals surface area contributed by atoms with Crippen molar-refractivity contribution in [2.24, 2.45) is 12.2 Å². The van der Waals surface area contributed by atoms with E-state index < -0.39 is 10.0 Å². The number of aryl methyl sites for hydroxylation is 2. The summed E-state index contributed by atoms with van der Waals surface area (Å²) in [5, 5.41) is 8.61. The SMILES string of the molecule is Cc1ccc(NC(=O)CSc2nc3ccccc3n2C)cc1S(N)(=O)=O. The number of nitrogens with zero attached hydrogens (tertiary/aromatic N) is 2.